The second-order valence-electron chi connectivity index (χ2n) is 8.06. The summed E-state index contributed by atoms with van der Waals surface area (Å²) in [4.78, 5) is 43.1. The van der Waals surface area contributed by atoms with Crippen LogP contribution in [0.25, 0.3) is 0 Å². The van der Waals surface area contributed by atoms with Gasteiger partial charge in [0.05, 0.1) is 11.1 Å². The molecule has 1 aromatic carbocycles. The van der Waals surface area contributed by atoms with Gasteiger partial charge in [0.2, 0.25) is 5.91 Å². The molecule has 0 saturated carbocycles. The van der Waals surface area contributed by atoms with Crippen molar-refractivity contribution in [3.63, 3.8) is 0 Å². The van der Waals surface area contributed by atoms with Gasteiger partial charge < -0.3 is 21.3 Å². The van der Waals surface area contributed by atoms with E-state index in [1.165, 1.54) is 42.7 Å². The number of anilines is 1. The van der Waals surface area contributed by atoms with Crippen molar-refractivity contribution >= 4 is 23.4 Å². The number of benzene rings is 1. The van der Waals surface area contributed by atoms with Gasteiger partial charge in [0.15, 0.2) is 0 Å². The van der Waals surface area contributed by atoms with Gasteiger partial charge in [-0.15, -0.1) is 0 Å². The van der Waals surface area contributed by atoms with Gasteiger partial charge in [-0.1, -0.05) is 6.92 Å². The van der Waals surface area contributed by atoms with Crippen LogP contribution in [0.4, 0.5) is 10.1 Å². The minimum Gasteiger partial charge on any atom is -0.350 e. The second-order valence-corrected chi connectivity index (χ2v) is 8.06. The Morgan fingerprint density at radius 3 is 2.47 bits per heavy atom. The Kier molecular flexibility index (Phi) is 7.88. The van der Waals surface area contributed by atoms with Gasteiger partial charge in [0.1, 0.15) is 5.82 Å². The van der Waals surface area contributed by atoms with Crippen LogP contribution in [0.5, 0.6) is 0 Å². The number of rotatable bonds is 8. The fourth-order valence-corrected chi connectivity index (χ4v) is 3.55. The molecule has 2 heterocycles. The molecule has 9 heteroatoms. The van der Waals surface area contributed by atoms with E-state index in [1.807, 2.05) is 0 Å². The van der Waals surface area contributed by atoms with E-state index in [1.54, 1.807) is 11.8 Å². The van der Waals surface area contributed by atoms with E-state index in [4.69, 9.17) is 5.73 Å². The van der Waals surface area contributed by atoms with Gasteiger partial charge >= 0.3 is 0 Å². The van der Waals surface area contributed by atoms with E-state index < -0.39 is 12.0 Å². The summed E-state index contributed by atoms with van der Waals surface area (Å²) in [5.74, 6) is -1.53. The molecule has 32 heavy (non-hydrogen) atoms. The first-order valence-corrected chi connectivity index (χ1v) is 10.7. The van der Waals surface area contributed by atoms with Crippen LogP contribution in [-0.2, 0) is 4.79 Å². The van der Waals surface area contributed by atoms with Crippen LogP contribution in [0.1, 0.15) is 46.9 Å². The molecule has 170 valence electrons. The molecule has 1 aromatic heterocycles. The summed E-state index contributed by atoms with van der Waals surface area (Å²) in [7, 11) is 0. The molecule has 8 nitrogen and oxygen atoms in total. The summed E-state index contributed by atoms with van der Waals surface area (Å²) in [5.41, 5.74) is 7.26. The average Bonchev–Trinajstić information content (AvgIpc) is 3.33. The van der Waals surface area contributed by atoms with Crippen LogP contribution in [-0.4, -0.2) is 53.3 Å². The van der Waals surface area contributed by atoms with E-state index in [9.17, 15) is 18.8 Å². The summed E-state index contributed by atoms with van der Waals surface area (Å²) < 4.78 is 13.0. The van der Waals surface area contributed by atoms with Gasteiger partial charge in [0, 0.05) is 49.7 Å². The summed E-state index contributed by atoms with van der Waals surface area (Å²) in [6.07, 6.45) is 5.18. The van der Waals surface area contributed by atoms with Gasteiger partial charge in [0.25, 0.3) is 11.8 Å². The van der Waals surface area contributed by atoms with Crippen molar-refractivity contribution < 1.29 is 18.8 Å². The Balaban J connectivity index is 1.47. The Hall–Kier alpha value is -3.33. The number of hydrogen-bond donors (Lipinski definition) is 3. The summed E-state index contributed by atoms with van der Waals surface area (Å²) in [6.45, 7) is 3.34. The van der Waals surface area contributed by atoms with E-state index in [0.717, 1.165) is 25.9 Å². The van der Waals surface area contributed by atoms with Crippen LogP contribution in [0.15, 0.2) is 42.7 Å². The number of nitrogens with one attached hydrogen (secondary N) is 2. The van der Waals surface area contributed by atoms with Crippen molar-refractivity contribution in [3.05, 3.63) is 59.7 Å². The number of hydrogen-bond acceptors (Lipinski definition) is 5. The zero-order valence-corrected chi connectivity index (χ0v) is 18.0. The maximum Gasteiger partial charge on any atom is 0.255 e. The lowest BCUT2D eigenvalue weighted by Crippen LogP contribution is -2.39. The molecule has 2 unspecified atom stereocenters. The highest BCUT2D eigenvalue weighted by molar-refractivity contribution is 5.99. The smallest absolute Gasteiger partial charge is 0.255 e. The average molecular weight is 442 g/mol. The molecular weight excluding hydrogens is 413 g/mol. The van der Waals surface area contributed by atoms with Gasteiger partial charge in [-0.05, 0) is 49.6 Å². The summed E-state index contributed by atoms with van der Waals surface area (Å²) in [5, 5.41) is 5.44. The van der Waals surface area contributed by atoms with Crippen LogP contribution < -0.4 is 16.4 Å². The number of amides is 3. The molecule has 0 spiro atoms. The zero-order valence-electron chi connectivity index (χ0n) is 18.0. The molecule has 2 aromatic rings. The quantitative estimate of drug-likeness (QED) is 0.580. The molecule has 2 atom stereocenters. The van der Waals surface area contributed by atoms with E-state index in [2.05, 4.69) is 15.6 Å². The first-order valence-electron chi connectivity index (χ1n) is 10.7. The molecule has 0 radical (unpaired) electrons. The van der Waals surface area contributed by atoms with Gasteiger partial charge in [-0.2, -0.15) is 0 Å². The fraction of sp³-hybridized carbons (Fsp3) is 0.391. The number of pyridine rings is 1. The third-order valence-corrected chi connectivity index (χ3v) is 5.38. The number of likely N-dealkylation sites (tertiary alicyclic amines) is 1. The number of nitrogens with two attached hydrogens (primary N) is 1. The van der Waals surface area contributed by atoms with Crippen molar-refractivity contribution in [2.24, 2.45) is 11.7 Å². The molecule has 1 saturated heterocycles. The minimum atomic E-state index is -0.449. The lowest BCUT2D eigenvalue weighted by atomic mass is 10.0. The standard InChI is InChI=1S/C23H28FN5O3/c1-15(21(30)28-20-6-4-18(24)5-7-20)10-19(25)14-27-22(31)16-11-17(13-26-12-16)23(32)29-8-2-3-9-29/h4-7,11-13,15,19H,2-3,8-10,14,25H2,1H3,(H,27,31)(H,28,30). The van der Waals surface area contributed by atoms with Crippen molar-refractivity contribution in [3.8, 4) is 0 Å². The predicted molar refractivity (Wildman–Crippen MR) is 118 cm³/mol. The molecule has 0 bridgehead atoms. The molecule has 1 fully saturated rings. The summed E-state index contributed by atoms with van der Waals surface area (Å²) in [6, 6.07) is 6.59. The maximum atomic E-state index is 13.0. The van der Waals surface area contributed by atoms with Crippen LogP contribution in [0.2, 0.25) is 0 Å². The molecule has 0 aliphatic carbocycles. The summed E-state index contributed by atoms with van der Waals surface area (Å²) >= 11 is 0. The van der Waals surface area contributed by atoms with Gasteiger partial charge in [-0.25, -0.2) is 4.39 Å². The molecular formula is C23H28FN5O3. The molecule has 3 amide bonds. The second kappa shape index (κ2) is 10.8. The zero-order chi connectivity index (χ0) is 23.1. The largest absolute Gasteiger partial charge is 0.350 e. The normalized spacial score (nSPS) is 15.2. The predicted octanol–water partition coefficient (Wildman–Crippen LogP) is 2.18. The van der Waals surface area contributed by atoms with E-state index in [0.29, 0.717) is 17.7 Å². The highest BCUT2D eigenvalue weighted by atomic mass is 19.1. The van der Waals surface area contributed by atoms with Crippen LogP contribution in [0.3, 0.4) is 0 Å². The van der Waals surface area contributed by atoms with Crippen molar-refractivity contribution in [2.45, 2.75) is 32.2 Å². The Bertz CT molecular complexity index is 960. The fourth-order valence-electron chi connectivity index (χ4n) is 3.55. The van der Waals surface area contributed by atoms with E-state index >= 15 is 0 Å². The number of nitrogens with zero attached hydrogens (tertiary/aromatic N) is 2. The van der Waals surface area contributed by atoms with E-state index in [-0.39, 0.29) is 35.6 Å². The third-order valence-electron chi connectivity index (χ3n) is 5.38. The Morgan fingerprint density at radius 2 is 1.78 bits per heavy atom. The molecule has 4 N–H and O–H groups in total. The van der Waals surface area contributed by atoms with Crippen molar-refractivity contribution in [2.75, 3.05) is 25.0 Å². The van der Waals surface area contributed by atoms with Crippen molar-refractivity contribution in [1.82, 2.24) is 15.2 Å². The number of carbonyl (C=O) groups is 3. The third kappa shape index (κ3) is 6.34. The number of halogens is 1. The van der Waals surface area contributed by atoms with Crippen molar-refractivity contribution in [1.29, 1.82) is 0 Å². The first-order chi connectivity index (χ1) is 15.3. The lowest BCUT2D eigenvalue weighted by molar-refractivity contribution is -0.119. The number of carbonyl (C=O) groups excluding carboxylic acids is 3. The monoisotopic (exact) mass is 441 g/mol. The molecule has 3 rings (SSSR count). The molecule has 1 aliphatic heterocycles. The first kappa shape index (κ1) is 23.3. The highest BCUT2D eigenvalue weighted by Gasteiger charge is 2.21. The number of aromatic nitrogens is 1. The topological polar surface area (TPSA) is 117 Å². The Labute approximate surface area is 186 Å². The van der Waals surface area contributed by atoms with Crippen LogP contribution >= 0.6 is 0 Å². The Morgan fingerprint density at radius 1 is 1.12 bits per heavy atom. The highest BCUT2D eigenvalue weighted by Crippen LogP contribution is 2.14. The van der Waals surface area contributed by atoms with Crippen LogP contribution in [0, 0.1) is 11.7 Å². The minimum absolute atomic E-state index is 0.123. The maximum absolute atomic E-state index is 13.0. The lowest BCUT2D eigenvalue weighted by Gasteiger charge is -2.18. The van der Waals surface area contributed by atoms with Gasteiger partial charge in [-0.3, -0.25) is 19.4 Å². The molecule has 1 aliphatic rings. The SMILES string of the molecule is CC(CC(N)CNC(=O)c1cncc(C(=O)N2CCCC2)c1)C(=O)Nc1ccc(F)cc1.